The van der Waals surface area contributed by atoms with Gasteiger partial charge in [0.2, 0.25) is 11.8 Å². The summed E-state index contributed by atoms with van der Waals surface area (Å²) in [5.74, 6) is -1.05. The Labute approximate surface area is 92.3 Å². The Kier molecular flexibility index (Phi) is 2.35. The molecule has 0 saturated heterocycles. The number of hydrogen-bond acceptors (Lipinski definition) is 4. The highest BCUT2D eigenvalue weighted by Gasteiger charge is 2.22. The number of aromatic hydroxyl groups is 2. The fourth-order valence-electron chi connectivity index (χ4n) is 1.35. The van der Waals surface area contributed by atoms with Gasteiger partial charge in [-0.25, -0.2) is 8.42 Å². The molecule has 0 atom stereocenters. The van der Waals surface area contributed by atoms with Crippen LogP contribution in [0.4, 0.5) is 0 Å². The molecule has 1 heterocycles. The zero-order valence-corrected chi connectivity index (χ0v) is 8.92. The maximum absolute atomic E-state index is 12.0. The van der Waals surface area contributed by atoms with Crippen LogP contribution < -0.4 is 0 Å². The van der Waals surface area contributed by atoms with Crippen molar-refractivity contribution in [1.82, 2.24) is 3.97 Å². The van der Waals surface area contributed by atoms with E-state index in [1.807, 2.05) is 0 Å². The van der Waals surface area contributed by atoms with Gasteiger partial charge in [0, 0.05) is 12.1 Å². The van der Waals surface area contributed by atoms with Crippen LogP contribution >= 0.6 is 0 Å². The van der Waals surface area contributed by atoms with Gasteiger partial charge in [-0.15, -0.1) is 0 Å². The highest BCUT2D eigenvalue weighted by Crippen LogP contribution is 2.27. The molecule has 0 aliphatic heterocycles. The lowest BCUT2D eigenvalue weighted by atomic mass is 10.4. The van der Waals surface area contributed by atoms with E-state index in [2.05, 4.69) is 0 Å². The Morgan fingerprint density at radius 2 is 1.38 bits per heavy atom. The molecule has 0 aliphatic rings. The standard InChI is InChI=1S/C10H9NO4S/c12-9-6-7-10(13)11(9)16(14,15)8-4-2-1-3-5-8/h1-7,12-13H. The van der Waals surface area contributed by atoms with Crippen LogP contribution in [-0.4, -0.2) is 22.6 Å². The lowest BCUT2D eigenvalue weighted by Gasteiger charge is -2.07. The van der Waals surface area contributed by atoms with Crippen LogP contribution in [0.15, 0.2) is 47.4 Å². The van der Waals surface area contributed by atoms with Crippen molar-refractivity contribution in [3.05, 3.63) is 42.5 Å². The molecule has 2 N–H and O–H groups in total. The first-order valence-electron chi connectivity index (χ1n) is 4.44. The predicted octanol–water partition coefficient (Wildman–Crippen LogP) is 1.14. The molecule has 0 spiro atoms. The third-order valence-corrected chi connectivity index (χ3v) is 3.80. The molecule has 0 radical (unpaired) electrons. The van der Waals surface area contributed by atoms with Gasteiger partial charge in [-0.05, 0) is 12.1 Å². The van der Waals surface area contributed by atoms with Gasteiger partial charge in [0.15, 0.2) is 0 Å². The largest absolute Gasteiger partial charge is 0.494 e. The van der Waals surface area contributed by atoms with Crippen molar-refractivity contribution in [3.8, 4) is 11.8 Å². The lowest BCUT2D eigenvalue weighted by Crippen LogP contribution is -2.11. The van der Waals surface area contributed by atoms with E-state index in [-0.39, 0.29) is 4.90 Å². The van der Waals surface area contributed by atoms with Gasteiger partial charge in [0.1, 0.15) is 0 Å². The molecule has 84 valence electrons. The smallest absolute Gasteiger partial charge is 0.273 e. The normalized spacial score (nSPS) is 11.5. The van der Waals surface area contributed by atoms with Crippen LogP contribution in [0.5, 0.6) is 11.8 Å². The minimum atomic E-state index is -3.94. The van der Waals surface area contributed by atoms with E-state index in [0.717, 1.165) is 12.1 Å². The summed E-state index contributed by atoms with van der Waals surface area (Å²) in [7, 11) is -3.94. The number of nitrogens with zero attached hydrogens (tertiary/aromatic N) is 1. The molecule has 0 bridgehead atoms. The van der Waals surface area contributed by atoms with Crippen LogP contribution in [0.1, 0.15) is 0 Å². The molecular formula is C10H9NO4S. The summed E-state index contributed by atoms with van der Waals surface area (Å²) in [5.41, 5.74) is 0. The van der Waals surface area contributed by atoms with Gasteiger partial charge in [0.05, 0.1) is 4.90 Å². The molecule has 0 amide bonds. The zero-order valence-electron chi connectivity index (χ0n) is 8.11. The molecule has 2 rings (SSSR count). The van der Waals surface area contributed by atoms with Crippen molar-refractivity contribution in [2.24, 2.45) is 0 Å². The van der Waals surface area contributed by atoms with Gasteiger partial charge in [0.25, 0.3) is 10.0 Å². The molecular weight excluding hydrogens is 230 g/mol. The number of benzene rings is 1. The second-order valence-corrected chi connectivity index (χ2v) is 4.92. The van der Waals surface area contributed by atoms with Crippen molar-refractivity contribution in [1.29, 1.82) is 0 Å². The zero-order chi connectivity index (χ0) is 11.8. The van der Waals surface area contributed by atoms with Crippen LogP contribution in [-0.2, 0) is 10.0 Å². The summed E-state index contributed by atoms with van der Waals surface area (Å²) in [6.45, 7) is 0. The average Bonchev–Trinajstić information content (AvgIpc) is 2.60. The highest BCUT2D eigenvalue weighted by molar-refractivity contribution is 7.90. The van der Waals surface area contributed by atoms with Gasteiger partial charge < -0.3 is 10.2 Å². The van der Waals surface area contributed by atoms with Crippen LogP contribution in [0.3, 0.4) is 0 Å². The quantitative estimate of drug-likeness (QED) is 0.823. The first-order chi connectivity index (χ1) is 7.53. The minimum Gasteiger partial charge on any atom is -0.494 e. The van der Waals surface area contributed by atoms with Gasteiger partial charge in [-0.1, -0.05) is 18.2 Å². The first-order valence-corrected chi connectivity index (χ1v) is 5.88. The summed E-state index contributed by atoms with van der Waals surface area (Å²) >= 11 is 0. The molecule has 2 aromatic rings. The number of rotatable bonds is 2. The Morgan fingerprint density at radius 1 is 0.875 bits per heavy atom. The second kappa shape index (κ2) is 3.57. The van der Waals surface area contributed by atoms with Gasteiger partial charge >= 0.3 is 0 Å². The molecule has 0 saturated carbocycles. The maximum atomic E-state index is 12.0. The topological polar surface area (TPSA) is 79.5 Å². The molecule has 5 nitrogen and oxygen atoms in total. The van der Waals surface area contributed by atoms with Gasteiger partial charge in [-0.3, -0.25) is 0 Å². The van der Waals surface area contributed by atoms with Crippen LogP contribution in [0.2, 0.25) is 0 Å². The summed E-state index contributed by atoms with van der Waals surface area (Å²) in [6, 6.07) is 9.78. The average molecular weight is 239 g/mol. The van der Waals surface area contributed by atoms with E-state index < -0.39 is 21.8 Å². The molecule has 6 heteroatoms. The van der Waals surface area contributed by atoms with E-state index in [9.17, 15) is 18.6 Å². The molecule has 0 aliphatic carbocycles. The molecule has 0 fully saturated rings. The SMILES string of the molecule is O=S(=O)(c1ccccc1)n1c(O)ccc1O. The Hall–Kier alpha value is -1.95. The third-order valence-electron chi connectivity index (χ3n) is 2.08. The Bertz CT molecular complexity index is 582. The van der Waals surface area contributed by atoms with Crippen molar-refractivity contribution < 1.29 is 18.6 Å². The van der Waals surface area contributed by atoms with Crippen molar-refractivity contribution in [2.75, 3.05) is 0 Å². The fraction of sp³-hybridized carbons (Fsp3) is 0. The number of aromatic nitrogens is 1. The number of hydrogen-bond donors (Lipinski definition) is 2. The summed E-state index contributed by atoms with van der Waals surface area (Å²) < 4.78 is 24.4. The maximum Gasteiger partial charge on any atom is 0.273 e. The fourth-order valence-corrected chi connectivity index (χ4v) is 2.67. The molecule has 0 unspecified atom stereocenters. The van der Waals surface area contributed by atoms with Crippen molar-refractivity contribution in [2.45, 2.75) is 4.90 Å². The summed E-state index contributed by atoms with van der Waals surface area (Å²) in [6.07, 6.45) is 0. The van der Waals surface area contributed by atoms with Crippen molar-refractivity contribution in [3.63, 3.8) is 0 Å². The monoisotopic (exact) mass is 239 g/mol. The van der Waals surface area contributed by atoms with Crippen LogP contribution in [0, 0.1) is 0 Å². The predicted molar refractivity (Wildman–Crippen MR) is 56.8 cm³/mol. The van der Waals surface area contributed by atoms with E-state index in [4.69, 9.17) is 0 Å². The first kappa shape index (κ1) is 10.6. The summed E-state index contributed by atoms with van der Waals surface area (Å²) in [5, 5.41) is 18.7. The third kappa shape index (κ3) is 1.53. The minimum absolute atomic E-state index is 0.00296. The van der Waals surface area contributed by atoms with Crippen LogP contribution in [0.25, 0.3) is 0 Å². The molecule has 1 aromatic carbocycles. The van der Waals surface area contributed by atoms with Crippen molar-refractivity contribution >= 4 is 10.0 Å². The Morgan fingerprint density at radius 3 is 1.88 bits per heavy atom. The summed E-state index contributed by atoms with van der Waals surface area (Å²) in [4.78, 5) is -0.00296. The second-order valence-electron chi connectivity index (χ2n) is 3.13. The van der Waals surface area contributed by atoms with E-state index in [1.54, 1.807) is 18.2 Å². The highest BCUT2D eigenvalue weighted by atomic mass is 32.2. The lowest BCUT2D eigenvalue weighted by molar-refractivity contribution is 0.408. The Balaban J connectivity index is 2.66. The van der Waals surface area contributed by atoms with E-state index in [0.29, 0.717) is 3.97 Å². The molecule has 16 heavy (non-hydrogen) atoms. The van der Waals surface area contributed by atoms with E-state index in [1.165, 1.54) is 12.1 Å². The van der Waals surface area contributed by atoms with Gasteiger partial charge in [-0.2, -0.15) is 3.97 Å². The van der Waals surface area contributed by atoms with E-state index >= 15 is 0 Å². The molecule has 1 aromatic heterocycles.